The van der Waals surface area contributed by atoms with Gasteiger partial charge in [-0.25, -0.2) is 0 Å². The number of hydrogen-bond acceptors (Lipinski definition) is 4. The molecule has 2 N–H and O–H groups in total. The van der Waals surface area contributed by atoms with Gasteiger partial charge in [-0.2, -0.15) is 0 Å². The molecule has 0 fully saturated rings. The lowest BCUT2D eigenvalue weighted by atomic mass is 10.2. The fourth-order valence-corrected chi connectivity index (χ4v) is 1.13. The molecule has 4 nitrogen and oxygen atoms in total. The Morgan fingerprint density at radius 3 is 2.77 bits per heavy atom. The average molecular weight is 202 g/mol. The van der Waals surface area contributed by atoms with Crippen LogP contribution in [0.3, 0.4) is 0 Å². The first-order chi connectivity index (χ1) is 6.19. The largest absolute Gasteiger partial charge is 0.504 e. The van der Waals surface area contributed by atoms with Crippen LogP contribution in [0.5, 0.6) is 11.5 Å². The standard InChI is InChI=1S/C8H8ClNO3/c1-13-7-3-6(9)2-5(4-10-12)8(7)11/h2-4,11-12H,1H3/b10-4+. The molecule has 0 spiro atoms. The quantitative estimate of drug-likeness (QED) is 0.436. The van der Waals surface area contributed by atoms with Crippen LogP contribution in [0, 0.1) is 0 Å². The Bertz CT molecular complexity index is 338. The van der Waals surface area contributed by atoms with E-state index in [0.29, 0.717) is 10.6 Å². The van der Waals surface area contributed by atoms with Crippen LogP contribution in [0.4, 0.5) is 0 Å². The highest BCUT2D eigenvalue weighted by Crippen LogP contribution is 2.32. The maximum atomic E-state index is 9.46. The summed E-state index contributed by atoms with van der Waals surface area (Å²) >= 11 is 5.70. The Hall–Kier alpha value is -1.42. The number of halogens is 1. The zero-order valence-electron chi connectivity index (χ0n) is 6.86. The molecule has 0 unspecified atom stereocenters. The third-order valence-electron chi connectivity index (χ3n) is 1.49. The third kappa shape index (κ3) is 2.03. The zero-order valence-corrected chi connectivity index (χ0v) is 7.62. The summed E-state index contributed by atoms with van der Waals surface area (Å²) < 4.78 is 4.84. The van der Waals surface area contributed by atoms with E-state index >= 15 is 0 Å². The monoisotopic (exact) mass is 201 g/mol. The Balaban J connectivity index is 3.26. The van der Waals surface area contributed by atoms with Crippen molar-refractivity contribution in [2.75, 3.05) is 7.11 Å². The van der Waals surface area contributed by atoms with Crippen molar-refractivity contribution in [3.8, 4) is 11.5 Å². The molecule has 0 aliphatic heterocycles. The van der Waals surface area contributed by atoms with Gasteiger partial charge in [0.2, 0.25) is 0 Å². The molecule has 0 aliphatic rings. The van der Waals surface area contributed by atoms with Gasteiger partial charge in [0.15, 0.2) is 11.5 Å². The van der Waals surface area contributed by atoms with Crippen LogP contribution < -0.4 is 4.74 Å². The minimum absolute atomic E-state index is 0.107. The summed E-state index contributed by atoms with van der Waals surface area (Å²) in [5, 5.41) is 20.9. The van der Waals surface area contributed by atoms with Crippen molar-refractivity contribution in [3.63, 3.8) is 0 Å². The Morgan fingerprint density at radius 2 is 2.23 bits per heavy atom. The number of aromatic hydroxyl groups is 1. The lowest BCUT2D eigenvalue weighted by Gasteiger charge is -2.05. The van der Waals surface area contributed by atoms with E-state index in [1.54, 1.807) is 0 Å². The summed E-state index contributed by atoms with van der Waals surface area (Å²) in [5.74, 6) is 0.132. The van der Waals surface area contributed by atoms with Crippen molar-refractivity contribution in [2.45, 2.75) is 0 Å². The first-order valence-electron chi connectivity index (χ1n) is 3.43. The van der Waals surface area contributed by atoms with Crippen LogP contribution >= 0.6 is 11.6 Å². The van der Waals surface area contributed by atoms with Gasteiger partial charge in [-0.15, -0.1) is 0 Å². The fourth-order valence-electron chi connectivity index (χ4n) is 0.911. The Kier molecular flexibility index (Phi) is 2.97. The molecule has 0 saturated carbocycles. The van der Waals surface area contributed by atoms with E-state index in [2.05, 4.69) is 5.16 Å². The van der Waals surface area contributed by atoms with E-state index in [9.17, 15) is 5.11 Å². The minimum Gasteiger partial charge on any atom is -0.504 e. The van der Waals surface area contributed by atoms with Gasteiger partial charge in [-0.05, 0) is 6.07 Å². The number of methoxy groups -OCH3 is 1. The van der Waals surface area contributed by atoms with Gasteiger partial charge in [0, 0.05) is 16.7 Å². The second-order valence-corrected chi connectivity index (χ2v) is 2.73. The molecule has 13 heavy (non-hydrogen) atoms. The average Bonchev–Trinajstić information content (AvgIpc) is 2.11. The van der Waals surface area contributed by atoms with Crippen molar-refractivity contribution in [2.24, 2.45) is 5.16 Å². The number of phenolic OH excluding ortho intramolecular Hbond substituents is 1. The van der Waals surface area contributed by atoms with Crippen LogP contribution in [0.25, 0.3) is 0 Å². The van der Waals surface area contributed by atoms with E-state index < -0.39 is 0 Å². The number of rotatable bonds is 2. The Labute approximate surface area is 80.0 Å². The van der Waals surface area contributed by atoms with E-state index in [0.717, 1.165) is 6.21 Å². The highest BCUT2D eigenvalue weighted by Gasteiger charge is 2.07. The van der Waals surface area contributed by atoms with E-state index in [-0.39, 0.29) is 11.5 Å². The number of hydrogen-bond donors (Lipinski definition) is 2. The summed E-state index contributed by atoms with van der Waals surface area (Å²) in [5.41, 5.74) is 0.298. The molecule has 5 heteroatoms. The summed E-state index contributed by atoms with van der Waals surface area (Å²) in [4.78, 5) is 0. The highest BCUT2D eigenvalue weighted by atomic mass is 35.5. The van der Waals surface area contributed by atoms with Crippen molar-refractivity contribution in [1.82, 2.24) is 0 Å². The topological polar surface area (TPSA) is 62.0 Å². The van der Waals surface area contributed by atoms with Crippen molar-refractivity contribution in [3.05, 3.63) is 22.7 Å². The maximum absolute atomic E-state index is 9.46. The number of phenols is 1. The van der Waals surface area contributed by atoms with Crippen LogP contribution in [-0.2, 0) is 0 Å². The van der Waals surface area contributed by atoms with E-state index in [1.165, 1.54) is 19.2 Å². The van der Waals surface area contributed by atoms with Gasteiger partial charge in [-0.1, -0.05) is 16.8 Å². The van der Waals surface area contributed by atoms with Crippen LogP contribution in [-0.4, -0.2) is 23.6 Å². The normalized spacial score (nSPS) is 10.6. The first-order valence-corrected chi connectivity index (χ1v) is 3.80. The molecule has 0 aromatic heterocycles. The lowest BCUT2D eigenvalue weighted by molar-refractivity contribution is 0.321. The summed E-state index contributed by atoms with van der Waals surface area (Å²) in [6.07, 6.45) is 1.07. The number of benzene rings is 1. The number of ether oxygens (including phenoxy) is 1. The predicted octanol–water partition coefficient (Wildman–Crippen LogP) is 1.86. The van der Waals surface area contributed by atoms with E-state index in [4.69, 9.17) is 21.5 Å². The third-order valence-corrected chi connectivity index (χ3v) is 1.70. The lowest BCUT2D eigenvalue weighted by Crippen LogP contribution is -1.89. The highest BCUT2D eigenvalue weighted by molar-refractivity contribution is 6.31. The molecule has 0 radical (unpaired) electrons. The van der Waals surface area contributed by atoms with Gasteiger partial charge in [0.25, 0.3) is 0 Å². The molecule has 0 saturated heterocycles. The first kappa shape index (κ1) is 9.67. The second-order valence-electron chi connectivity index (χ2n) is 2.29. The van der Waals surface area contributed by atoms with Crippen molar-refractivity contribution < 1.29 is 15.1 Å². The number of nitrogens with zero attached hydrogens (tertiary/aromatic N) is 1. The fraction of sp³-hybridized carbons (Fsp3) is 0.125. The van der Waals surface area contributed by atoms with Crippen LogP contribution in [0.1, 0.15) is 5.56 Å². The molecular weight excluding hydrogens is 194 g/mol. The van der Waals surface area contributed by atoms with Gasteiger partial charge >= 0.3 is 0 Å². The molecule has 0 bridgehead atoms. The molecule has 70 valence electrons. The number of oxime groups is 1. The SMILES string of the molecule is COc1cc(Cl)cc(/C=N/O)c1O. The summed E-state index contributed by atoms with van der Waals surface area (Å²) in [6.45, 7) is 0. The van der Waals surface area contributed by atoms with Gasteiger partial charge < -0.3 is 15.1 Å². The van der Waals surface area contributed by atoms with Crippen LogP contribution in [0.15, 0.2) is 17.3 Å². The minimum atomic E-state index is -0.107. The summed E-state index contributed by atoms with van der Waals surface area (Å²) in [7, 11) is 1.41. The zero-order chi connectivity index (χ0) is 9.84. The molecular formula is C8H8ClNO3. The van der Waals surface area contributed by atoms with Gasteiger partial charge in [0.05, 0.1) is 13.3 Å². The molecule has 1 aromatic carbocycles. The molecule has 0 heterocycles. The molecule has 1 rings (SSSR count). The maximum Gasteiger partial charge on any atom is 0.166 e. The van der Waals surface area contributed by atoms with Crippen molar-refractivity contribution >= 4 is 17.8 Å². The molecule has 0 amide bonds. The molecule has 0 atom stereocenters. The predicted molar refractivity (Wildman–Crippen MR) is 49.0 cm³/mol. The Morgan fingerprint density at radius 1 is 1.54 bits per heavy atom. The second kappa shape index (κ2) is 4.00. The molecule has 1 aromatic rings. The summed E-state index contributed by atoms with van der Waals surface area (Å²) in [6, 6.07) is 2.92. The smallest absolute Gasteiger partial charge is 0.166 e. The molecule has 0 aliphatic carbocycles. The van der Waals surface area contributed by atoms with Crippen LogP contribution in [0.2, 0.25) is 5.02 Å². The van der Waals surface area contributed by atoms with Crippen molar-refractivity contribution in [1.29, 1.82) is 0 Å². The van der Waals surface area contributed by atoms with Gasteiger partial charge in [-0.3, -0.25) is 0 Å². The van der Waals surface area contributed by atoms with Gasteiger partial charge in [0.1, 0.15) is 0 Å². The van der Waals surface area contributed by atoms with E-state index in [1.807, 2.05) is 0 Å².